The molecule has 0 aromatic carbocycles. The first-order chi connectivity index (χ1) is 6.22. The Balaban J connectivity index is 3.54. The van der Waals surface area contributed by atoms with Crippen LogP contribution in [0, 0.1) is 0 Å². The van der Waals surface area contributed by atoms with Gasteiger partial charge in [-0.25, -0.2) is 0 Å². The van der Waals surface area contributed by atoms with Gasteiger partial charge >= 0.3 is 0 Å². The second-order valence-corrected chi connectivity index (χ2v) is 4.31. The molecule has 2 nitrogen and oxygen atoms in total. The average molecular weight is 252 g/mol. The van der Waals surface area contributed by atoms with Crippen molar-refractivity contribution in [2.45, 2.75) is 32.7 Å². The quantitative estimate of drug-likeness (QED) is 0.486. The standard InChI is InChI=1S/C10H22BrNO/c1-10(2)12(7-4-6-11)8-5-9-13-3/h10H,4-9H2,1-3H3. The molecule has 0 aliphatic carbocycles. The Kier molecular flexibility index (Phi) is 9.25. The number of alkyl halides is 1. The molecule has 0 heterocycles. The van der Waals surface area contributed by atoms with Crippen molar-refractivity contribution in [3.05, 3.63) is 0 Å². The van der Waals surface area contributed by atoms with E-state index in [4.69, 9.17) is 4.74 Å². The van der Waals surface area contributed by atoms with Crippen LogP contribution in [-0.2, 0) is 4.74 Å². The van der Waals surface area contributed by atoms with E-state index in [1.165, 1.54) is 13.0 Å². The van der Waals surface area contributed by atoms with E-state index in [0.29, 0.717) is 6.04 Å². The Morgan fingerprint density at radius 2 is 1.85 bits per heavy atom. The molecule has 0 spiro atoms. The van der Waals surface area contributed by atoms with E-state index in [1.54, 1.807) is 7.11 Å². The minimum atomic E-state index is 0.649. The van der Waals surface area contributed by atoms with Crippen LogP contribution in [0.5, 0.6) is 0 Å². The highest BCUT2D eigenvalue weighted by Crippen LogP contribution is 2.02. The molecule has 0 atom stereocenters. The molecule has 0 radical (unpaired) electrons. The fourth-order valence-electron chi connectivity index (χ4n) is 1.30. The second kappa shape index (κ2) is 8.97. The summed E-state index contributed by atoms with van der Waals surface area (Å²) in [7, 11) is 1.76. The summed E-state index contributed by atoms with van der Waals surface area (Å²) < 4.78 is 5.04. The van der Waals surface area contributed by atoms with Crippen molar-refractivity contribution in [1.29, 1.82) is 0 Å². The van der Waals surface area contributed by atoms with Crippen molar-refractivity contribution in [1.82, 2.24) is 4.90 Å². The summed E-state index contributed by atoms with van der Waals surface area (Å²) >= 11 is 3.46. The van der Waals surface area contributed by atoms with Crippen molar-refractivity contribution in [3.63, 3.8) is 0 Å². The van der Waals surface area contributed by atoms with E-state index < -0.39 is 0 Å². The fourth-order valence-corrected chi connectivity index (χ4v) is 1.55. The van der Waals surface area contributed by atoms with Crippen molar-refractivity contribution < 1.29 is 4.74 Å². The highest BCUT2D eigenvalue weighted by Gasteiger charge is 2.07. The van der Waals surface area contributed by atoms with Gasteiger partial charge in [0.25, 0.3) is 0 Å². The lowest BCUT2D eigenvalue weighted by Gasteiger charge is -2.25. The van der Waals surface area contributed by atoms with Gasteiger partial charge in [0.15, 0.2) is 0 Å². The zero-order chi connectivity index (χ0) is 10.1. The summed E-state index contributed by atoms with van der Waals surface area (Å²) in [5.41, 5.74) is 0. The third kappa shape index (κ3) is 7.47. The molecule has 0 saturated carbocycles. The SMILES string of the molecule is COCCCN(CCCBr)C(C)C. The van der Waals surface area contributed by atoms with Crippen molar-refractivity contribution in [2.24, 2.45) is 0 Å². The van der Waals surface area contributed by atoms with Gasteiger partial charge < -0.3 is 9.64 Å². The average Bonchev–Trinajstić information content (AvgIpc) is 2.10. The van der Waals surface area contributed by atoms with Gasteiger partial charge in [0.1, 0.15) is 0 Å². The number of ether oxygens (including phenoxy) is 1. The molecule has 0 rings (SSSR count). The van der Waals surface area contributed by atoms with Gasteiger partial charge in [-0.05, 0) is 33.2 Å². The lowest BCUT2D eigenvalue weighted by atomic mass is 10.2. The summed E-state index contributed by atoms with van der Waals surface area (Å²) in [5, 5.41) is 1.10. The lowest BCUT2D eigenvalue weighted by Crippen LogP contribution is -2.33. The molecule has 0 aliphatic heterocycles. The summed E-state index contributed by atoms with van der Waals surface area (Å²) in [6.07, 6.45) is 2.36. The molecule has 0 N–H and O–H groups in total. The number of hydrogen-bond donors (Lipinski definition) is 0. The van der Waals surface area contributed by atoms with Gasteiger partial charge in [-0.1, -0.05) is 15.9 Å². The highest BCUT2D eigenvalue weighted by molar-refractivity contribution is 9.09. The molecule has 0 amide bonds. The van der Waals surface area contributed by atoms with E-state index in [1.807, 2.05) is 0 Å². The van der Waals surface area contributed by atoms with Crippen LogP contribution in [-0.4, -0.2) is 43.1 Å². The topological polar surface area (TPSA) is 12.5 Å². The molecule has 0 aromatic heterocycles. The molecule has 0 saturated heterocycles. The van der Waals surface area contributed by atoms with Crippen LogP contribution >= 0.6 is 15.9 Å². The third-order valence-electron chi connectivity index (χ3n) is 2.10. The molecule has 0 aliphatic rings. The number of halogens is 1. The molecule has 3 heteroatoms. The van der Waals surface area contributed by atoms with Crippen molar-refractivity contribution in [2.75, 3.05) is 32.1 Å². The maximum Gasteiger partial charge on any atom is 0.0474 e. The van der Waals surface area contributed by atoms with Gasteiger partial charge in [-0.3, -0.25) is 0 Å². The van der Waals surface area contributed by atoms with Gasteiger partial charge in [0, 0.05) is 31.6 Å². The van der Waals surface area contributed by atoms with Crippen LogP contribution in [0.4, 0.5) is 0 Å². The zero-order valence-corrected chi connectivity index (χ0v) is 10.6. The Bertz CT molecular complexity index is 109. The fraction of sp³-hybridized carbons (Fsp3) is 1.00. The van der Waals surface area contributed by atoms with Crippen LogP contribution in [0.25, 0.3) is 0 Å². The van der Waals surface area contributed by atoms with E-state index >= 15 is 0 Å². The number of rotatable bonds is 8. The molecule has 80 valence electrons. The van der Waals surface area contributed by atoms with Crippen LogP contribution < -0.4 is 0 Å². The van der Waals surface area contributed by atoms with E-state index in [0.717, 1.165) is 24.9 Å². The van der Waals surface area contributed by atoms with E-state index in [9.17, 15) is 0 Å². The van der Waals surface area contributed by atoms with Gasteiger partial charge in [-0.2, -0.15) is 0 Å². The van der Waals surface area contributed by atoms with Gasteiger partial charge in [0.05, 0.1) is 0 Å². The lowest BCUT2D eigenvalue weighted by molar-refractivity contribution is 0.158. The largest absolute Gasteiger partial charge is 0.385 e. The smallest absolute Gasteiger partial charge is 0.0474 e. The minimum Gasteiger partial charge on any atom is -0.385 e. The third-order valence-corrected chi connectivity index (χ3v) is 2.66. The van der Waals surface area contributed by atoms with Gasteiger partial charge in [0.2, 0.25) is 0 Å². The van der Waals surface area contributed by atoms with E-state index in [-0.39, 0.29) is 0 Å². The van der Waals surface area contributed by atoms with E-state index in [2.05, 4.69) is 34.7 Å². The number of hydrogen-bond acceptors (Lipinski definition) is 2. The highest BCUT2D eigenvalue weighted by atomic mass is 79.9. The van der Waals surface area contributed by atoms with Gasteiger partial charge in [-0.15, -0.1) is 0 Å². The van der Waals surface area contributed by atoms with Crippen LogP contribution in [0.2, 0.25) is 0 Å². The molecular weight excluding hydrogens is 230 g/mol. The molecule has 0 unspecified atom stereocenters. The Labute approximate surface area is 90.8 Å². The monoisotopic (exact) mass is 251 g/mol. The molecule has 0 aromatic rings. The Hall–Kier alpha value is 0.400. The summed E-state index contributed by atoms with van der Waals surface area (Å²) in [5.74, 6) is 0. The second-order valence-electron chi connectivity index (χ2n) is 3.52. The van der Waals surface area contributed by atoms with Crippen LogP contribution in [0.3, 0.4) is 0 Å². The first-order valence-corrected chi connectivity index (χ1v) is 6.13. The summed E-state index contributed by atoms with van der Waals surface area (Å²) in [4.78, 5) is 2.50. The molecular formula is C10H22BrNO. The predicted molar refractivity (Wildman–Crippen MR) is 61.6 cm³/mol. The Morgan fingerprint density at radius 1 is 1.23 bits per heavy atom. The minimum absolute atomic E-state index is 0.649. The maximum atomic E-state index is 5.04. The number of methoxy groups -OCH3 is 1. The first kappa shape index (κ1) is 13.4. The predicted octanol–water partition coefficient (Wildman–Crippen LogP) is 2.52. The number of nitrogens with zero attached hydrogens (tertiary/aromatic N) is 1. The summed E-state index contributed by atoms with van der Waals surface area (Å²) in [6.45, 7) is 7.71. The first-order valence-electron chi connectivity index (χ1n) is 5.01. The maximum absolute atomic E-state index is 5.04. The Morgan fingerprint density at radius 3 is 2.31 bits per heavy atom. The normalized spacial score (nSPS) is 11.5. The van der Waals surface area contributed by atoms with Crippen LogP contribution in [0.1, 0.15) is 26.7 Å². The molecule has 0 fully saturated rings. The van der Waals surface area contributed by atoms with Crippen molar-refractivity contribution >= 4 is 15.9 Å². The molecule has 0 bridgehead atoms. The zero-order valence-electron chi connectivity index (χ0n) is 9.05. The molecule has 13 heavy (non-hydrogen) atoms. The summed E-state index contributed by atoms with van der Waals surface area (Å²) in [6, 6.07) is 0.649. The van der Waals surface area contributed by atoms with Crippen molar-refractivity contribution in [3.8, 4) is 0 Å². The van der Waals surface area contributed by atoms with Crippen LogP contribution in [0.15, 0.2) is 0 Å².